The fraction of sp³-hybridized carbons (Fsp3) is 1.00. The lowest BCUT2D eigenvalue weighted by Gasteiger charge is -2.22. The van der Waals surface area contributed by atoms with Crippen molar-refractivity contribution in [1.82, 2.24) is 0 Å². The molecule has 1 saturated carbocycles. The fourth-order valence-corrected chi connectivity index (χ4v) is 5.44. The van der Waals surface area contributed by atoms with Crippen molar-refractivity contribution < 1.29 is 17.9 Å². The smallest absolute Gasteiger partial charge is 0.378 e. The van der Waals surface area contributed by atoms with Gasteiger partial charge >= 0.3 is 6.18 Å². The molecule has 6 heteroatoms. The largest absolute Gasteiger partial charge is 0.403 e. The standard InChI is InChI=1S/C7H9F3OS2/c1-11-4-5(7(8,9)10)12-13-6(4)2-3-6/h4-5H,2-3H2,1H3. The maximum absolute atomic E-state index is 12.5. The van der Waals surface area contributed by atoms with Crippen LogP contribution >= 0.6 is 21.6 Å². The highest BCUT2D eigenvalue weighted by Gasteiger charge is 2.65. The minimum absolute atomic E-state index is 0.223. The molecule has 0 radical (unpaired) electrons. The normalized spacial score (nSPS) is 36.9. The molecular weight excluding hydrogens is 221 g/mol. The van der Waals surface area contributed by atoms with Crippen LogP contribution in [0, 0.1) is 0 Å². The van der Waals surface area contributed by atoms with Crippen molar-refractivity contribution in [2.75, 3.05) is 7.11 Å². The van der Waals surface area contributed by atoms with E-state index in [1.54, 1.807) is 0 Å². The predicted molar refractivity (Wildman–Crippen MR) is 47.8 cm³/mol. The van der Waals surface area contributed by atoms with Crippen LogP contribution in [-0.4, -0.2) is 29.4 Å². The highest BCUT2D eigenvalue weighted by atomic mass is 33.1. The van der Waals surface area contributed by atoms with Crippen molar-refractivity contribution >= 4 is 21.6 Å². The number of ether oxygens (including phenoxy) is 1. The number of rotatable bonds is 1. The Morgan fingerprint density at radius 3 is 2.38 bits per heavy atom. The van der Waals surface area contributed by atoms with E-state index in [4.69, 9.17) is 4.74 Å². The lowest BCUT2D eigenvalue weighted by atomic mass is 10.1. The molecule has 1 spiro atoms. The zero-order chi connectivity index (χ0) is 9.69. The van der Waals surface area contributed by atoms with Gasteiger partial charge in [0.15, 0.2) is 0 Å². The van der Waals surface area contributed by atoms with E-state index in [1.807, 2.05) is 0 Å². The Kier molecular flexibility index (Phi) is 2.28. The summed E-state index contributed by atoms with van der Waals surface area (Å²) in [5.74, 6) is 0. The monoisotopic (exact) mass is 230 g/mol. The van der Waals surface area contributed by atoms with E-state index in [1.165, 1.54) is 17.9 Å². The van der Waals surface area contributed by atoms with Gasteiger partial charge in [-0.05, 0) is 12.8 Å². The fourth-order valence-electron chi connectivity index (χ4n) is 1.58. The predicted octanol–water partition coefficient (Wildman–Crippen LogP) is 2.86. The molecule has 2 unspecified atom stereocenters. The van der Waals surface area contributed by atoms with Crippen LogP contribution in [0.25, 0.3) is 0 Å². The Hall–Kier alpha value is 0.450. The Labute approximate surface area is 82.2 Å². The molecule has 1 aliphatic heterocycles. The third-order valence-corrected chi connectivity index (χ3v) is 6.13. The van der Waals surface area contributed by atoms with Crippen LogP contribution in [0.3, 0.4) is 0 Å². The van der Waals surface area contributed by atoms with Crippen molar-refractivity contribution in [1.29, 1.82) is 0 Å². The van der Waals surface area contributed by atoms with Crippen LogP contribution in [0.15, 0.2) is 0 Å². The van der Waals surface area contributed by atoms with E-state index >= 15 is 0 Å². The Morgan fingerprint density at radius 1 is 1.38 bits per heavy atom. The van der Waals surface area contributed by atoms with Crippen LogP contribution in [0.2, 0.25) is 0 Å². The van der Waals surface area contributed by atoms with Gasteiger partial charge in [-0.1, -0.05) is 21.6 Å². The molecule has 1 saturated heterocycles. The maximum atomic E-state index is 12.5. The summed E-state index contributed by atoms with van der Waals surface area (Å²) in [4.78, 5) is 0. The highest BCUT2D eigenvalue weighted by Crippen LogP contribution is 2.67. The van der Waals surface area contributed by atoms with Gasteiger partial charge in [0.1, 0.15) is 5.25 Å². The summed E-state index contributed by atoms with van der Waals surface area (Å²) >= 11 is 0. The molecule has 2 fully saturated rings. The number of alkyl halides is 3. The summed E-state index contributed by atoms with van der Waals surface area (Å²) in [7, 11) is 3.64. The molecule has 0 amide bonds. The second kappa shape index (κ2) is 2.97. The van der Waals surface area contributed by atoms with Gasteiger partial charge in [-0.15, -0.1) is 0 Å². The quantitative estimate of drug-likeness (QED) is 0.641. The summed E-state index contributed by atoms with van der Waals surface area (Å²) in [6.45, 7) is 0. The van der Waals surface area contributed by atoms with Crippen LogP contribution in [0.5, 0.6) is 0 Å². The maximum Gasteiger partial charge on any atom is 0.403 e. The third-order valence-electron chi connectivity index (χ3n) is 2.43. The highest BCUT2D eigenvalue weighted by molar-refractivity contribution is 8.78. The van der Waals surface area contributed by atoms with Gasteiger partial charge in [-0.2, -0.15) is 13.2 Å². The first-order chi connectivity index (χ1) is 5.99. The summed E-state index contributed by atoms with van der Waals surface area (Å²) in [5.41, 5.74) is 0. The van der Waals surface area contributed by atoms with Crippen LogP contribution in [-0.2, 0) is 4.74 Å². The zero-order valence-corrected chi connectivity index (χ0v) is 8.56. The van der Waals surface area contributed by atoms with E-state index in [0.717, 1.165) is 23.6 Å². The number of hydrogen-bond acceptors (Lipinski definition) is 3. The third kappa shape index (κ3) is 1.57. The van der Waals surface area contributed by atoms with E-state index < -0.39 is 17.5 Å². The molecule has 0 bridgehead atoms. The van der Waals surface area contributed by atoms with Crippen molar-refractivity contribution in [3.8, 4) is 0 Å². The molecule has 0 N–H and O–H groups in total. The summed E-state index contributed by atoms with van der Waals surface area (Å²) in [5, 5.41) is -1.34. The van der Waals surface area contributed by atoms with Gasteiger partial charge < -0.3 is 4.74 Å². The van der Waals surface area contributed by atoms with Crippen molar-refractivity contribution in [2.45, 2.75) is 35.1 Å². The summed E-state index contributed by atoms with van der Waals surface area (Å²) in [6.07, 6.45) is -3.07. The van der Waals surface area contributed by atoms with Gasteiger partial charge in [0.25, 0.3) is 0 Å². The molecule has 2 aliphatic rings. The van der Waals surface area contributed by atoms with E-state index in [0.29, 0.717) is 0 Å². The first-order valence-electron chi connectivity index (χ1n) is 3.94. The second-order valence-electron chi connectivity index (χ2n) is 3.36. The molecule has 2 rings (SSSR count). The van der Waals surface area contributed by atoms with Crippen LogP contribution in [0.1, 0.15) is 12.8 Å². The van der Waals surface area contributed by atoms with E-state index in [9.17, 15) is 13.2 Å². The van der Waals surface area contributed by atoms with Crippen molar-refractivity contribution in [3.63, 3.8) is 0 Å². The molecule has 13 heavy (non-hydrogen) atoms. The summed E-state index contributed by atoms with van der Waals surface area (Å²) < 4.78 is 42.1. The topological polar surface area (TPSA) is 9.23 Å². The molecule has 2 atom stereocenters. The Morgan fingerprint density at radius 2 is 2.00 bits per heavy atom. The lowest BCUT2D eigenvalue weighted by molar-refractivity contribution is -0.150. The summed E-state index contributed by atoms with van der Waals surface area (Å²) in [6, 6.07) is 0. The molecule has 0 aromatic heterocycles. The number of halogens is 3. The van der Waals surface area contributed by atoms with Crippen molar-refractivity contribution in [3.05, 3.63) is 0 Å². The van der Waals surface area contributed by atoms with Gasteiger partial charge in [-0.25, -0.2) is 0 Å². The molecule has 76 valence electrons. The SMILES string of the molecule is COC1C(C(F)(F)F)SSC12CC2. The minimum atomic E-state index is -4.13. The first-order valence-corrected chi connectivity index (χ1v) is 6.15. The van der Waals surface area contributed by atoms with Gasteiger partial charge in [-0.3, -0.25) is 0 Å². The average Bonchev–Trinajstić information content (AvgIpc) is 2.62. The lowest BCUT2D eigenvalue weighted by Crippen LogP contribution is -2.40. The van der Waals surface area contributed by atoms with Crippen LogP contribution < -0.4 is 0 Å². The molecule has 1 heterocycles. The average molecular weight is 230 g/mol. The second-order valence-corrected chi connectivity index (χ2v) is 6.12. The van der Waals surface area contributed by atoms with Gasteiger partial charge in [0.2, 0.25) is 0 Å². The number of methoxy groups -OCH3 is 1. The molecule has 1 aliphatic carbocycles. The van der Waals surface area contributed by atoms with Gasteiger partial charge in [0.05, 0.1) is 10.9 Å². The molecular formula is C7H9F3OS2. The van der Waals surface area contributed by atoms with Crippen LogP contribution in [0.4, 0.5) is 13.2 Å². The van der Waals surface area contributed by atoms with Gasteiger partial charge in [0, 0.05) is 7.11 Å². The van der Waals surface area contributed by atoms with E-state index in [2.05, 4.69) is 0 Å². The zero-order valence-electron chi connectivity index (χ0n) is 6.93. The minimum Gasteiger partial charge on any atom is -0.378 e. The Bertz CT molecular complexity index is 214. The molecule has 1 nitrogen and oxygen atoms in total. The van der Waals surface area contributed by atoms with E-state index in [-0.39, 0.29) is 4.75 Å². The van der Waals surface area contributed by atoms with Crippen molar-refractivity contribution in [2.24, 2.45) is 0 Å². The molecule has 0 aromatic carbocycles. The first kappa shape index (κ1) is 9.98. The number of hydrogen-bond donors (Lipinski definition) is 0. The molecule has 0 aromatic rings. The Balaban J connectivity index is 2.14.